The molecule has 0 aromatic carbocycles. The van der Waals surface area contributed by atoms with Gasteiger partial charge >= 0.3 is 0 Å². The lowest BCUT2D eigenvalue weighted by Gasteiger charge is -2.38. The third-order valence-electron chi connectivity index (χ3n) is 4.32. The molecule has 0 aliphatic carbocycles. The molecule has 0 rings (SSSR count). The van der Waals surface area contributed by atoms with Crippen LogP contribution < -0.4 is 0 Å². The Hall–Kier alpha value is -0.340. The van der Waals surface area contributed by atoms with Crippen molar-refractivity contribution in [3.8, 4) is 0 Å². The molecule has 1 atom stereocenters. The quantitative estimate of drug-likeness (QED) is 0.184. The lowest BCUT2D eigenvalue weighted by atomic mass is 9.89. The molecule has 0 saturated heterocycles. The van der Waals surface area contributed by atoms with Crippen LogP contribution in [0.1, 0.15) is 91.9 Å². The summed E-state index contributed by atoms with van der Waals surface area (Å²) < 4.78 is 12.3. The summed E-state index contributed by atoms with van der Waals surface area (Å²) in [6, 6.07) is 0. The zero-order chi connectivity index (χ0) is 16.7. The highest BCUT2D eigenvalue weighted by atomic mass is 16.7. The summed E-state index contributed by atoms with van der Waals surface area (Å²) in [6.07, 6.45) is 14.2. The van der Waals surface area contributed by atoms with Crippen LogP contribution in [-0.2, 0) is 9.47 Å². The first kappa shape index (κ1) is 21.7. The van der Waals surface area contributed by atoms with E-state index in [0.29, 0.717) is 5.92 Å². The second kappa shape index (κ2) is 14.3. The molecule has 0 saturated carbocycles. The van der Waals surface area contributed by atoms with Gasteiger partial charge in [0.05, 0.1) is 13.2 Å². The number of ether oxygens (including phenoxy) is 2. The molecule has 0 aliphatic heterocycles. The van der Waals surface area contributed by atoms with Crippen molar-refractivity contribution in [2.45, 2.75) is 97.7 Å². The predicted octanol–water partition coefficient (Wildman–Crippen LogP) is 6.50. The number of rotatable bonds is 16. The van der Waals surface area contributed by atoms with Crippen molar-refractivity contribution in [2.75, 3.05) is 13.2 Å². The molecule has 2 heteroatoms. The van der Waals surface area contributed by atoms with Gasteiger partial charge in [-0.15, -0.1) is 0 Å². The van der Waals surface area contributed by atoms with E-state index in [-0.39, 0.29) is 0 Å². The van der Waals surface area contributed by atoms with Gasteiger partial charge in [-0.2, -0.15) is 0 Å². The van der Waals surface area contributed by atoms with Crippen LogP contribution in [0.25, 0.3) is 0 Å². The maximum atomic E-state index is 6.14. The summed E-state index contributed by atoms with van der Waals surface area (Å²) in [7, 11) is 0. The van der Waals surface area contributed by atoms with Gasteiger partial charge in [-0.05, 0) is 31.8 Å². The van der Waals surface area contributed by atoms with E-state index in [9.17, 15) is 0 Å². The highest BCUT2D eigenvalue weighted by molar-refractivity contribution is 4.95. The molecular formula is C20H40O2. The molecule has 22 heavy (non-hydrogen) atoms. The highest BCUT2D eigenvalue weighted by Gasteiger charge is 2.36. The highest BCUT2D eigenvalue weighted by Crippen LogP contribution is 2.33. The summed E-state index contributed by atoms with van der Waals surface area (Å²) >= 11 is 0. The van der Waals surface area contributed by atoms with Crippen LogP contribution >= 0.6 is 0 Å². The van der Waals surface area contributed by atoms with Crippen molar-refractivity contribution < 1.29 is 9.47 Å². The Kier molecular flexibility index (Phi) is 14.0. The molecule has 0 radical (unpaired) electrons. The number of unbranched alkanes of at least 4 members (excludes halogenated alkanes) is 5. The van der Waals surface area contributed by atoms with Gasteiger partial charge in [0.2, 0.25) is 0 Å². The van der Waals surface area contributed by atoms with Crippen LogP contribution in [0.4, 0.5) is 0 Å². The van der Waals surface area contributed by atoms with Gasteiger partial charge in [-0.1, -0.05) is 72.8 Å². The second-order valence-electron chi connectivity index (χ2n) is 6.28. The number of hydrogen-bond acceptors (Lipinski definition) is 2. The first-order chi connectivity index (χ1) is 10.7. The molecule has 0 aliphatic rings. The molecule has 0 heterocycles. The zero-order valence-electron chi connectivity index (χ0n) is 15.7. The lowest BCUT2D eigenvalue weighted by Crippen LogP contribution is -2.42. The summed E-state index contributed by atoms with van der Waals surface area (Å²) in [5, 5.41) is 0. The Balaban J connectivity index is 4.50. The molecule has 0 spiro atoms. The fraction of sp³-hybridized carbons (Fsp3) is 0.900. The fourth-order valence-electron chi connectivity index (χ4n) is 2.95. The van der Waals surface area contributed by atoms with Gasteiger partial charge in [-0.25, -0.2) is 0 Å². The van der Waals surface area contributed by atoms with Gasteiger partial charge in [0.15, 0.2) is 5.79 Å². The van der Waals surface area contributed by atoms with Crippen molar-refractivity contribution in [3.63, 3.8) is 0 Å². The largest absolute Gasteiger partial charge is 0.346 e. The van der Waals surface area contributed by atoms with Crippen molar-refractivity contribution in [3.05, 3.63) is 12.7 Å². The Morgan fingerprint density at radius 3 is 1.82 bits per heavy atom. The molecule has 2 nitrogen and oxygen atoms in total. The Bertz CT molecular complexity index is 242. The van der Waals surface area contributed by atoms with Crippen molar-refractivity contribution in [1.29, 1.82) is 0 Å². The molecule has 0 fully saturated rings. The topological polar surface area (TPSA) is 18.5 Å². The van der Waals surface area contributed by atoms with E-state index in [2.05, 4.69) is 34.3 Å². The van der Waals surface area contributed by atoms with Gasteiger partial charge in [0.25, 0.3) is 0 Å². The lowest BCUT2D eigenvalue weighted by molar-refractivity contribution is -0.237. The maximum Gasteiger partial charge on any atom is 0.190 e. The van der Waals surface area contributed by atoms with E-state index in [1.165, 1.54) is 44.9 Å². The van der Waals surface area contributed by atoms with Crippen molar-refractivity contribution >= 4 is 0 Å². The Morgan fingerprint density at radius 1 is 0.818 bits per heavy atom. The van der Waals surface area contributed by atoms with Crippen LogP contribution in [0.15, 0.2) is 12.7 Å². The van der Waals surface area contributed by atoms with Crippen LogP contribution in [0, 0.1) is 5.92 Å². The van der Waals surface area contributed by atoms with E-state index in [1.54, 1.807) is 0 Å². The van der Waals surface area contributed by atoms with Crippen molar-refractivity contribution in [1.82, 2.24) is 0 Å². The van der Waals surface area contributed by atoms with E-state index >= 15 is 0 Å². The van der Waals surface area contributed by atoms with E-state index in [0.717, 1.165) is 32.5 Å². The van der Waals surface area contributed by atoms with Crippen LogP contribution in [-0.4, -0.2) is 19.0 Å². The monoisotopic (exact) mass is 312 g/mol. The van der Waals surface area contributed by atoms with Gasteiger partial charge < -0.3 is 9.47 Å². The molecule has 0 N–H and O–H groups in total. The standard InChI is InChI=1S/C20H40O2/c1-6-11-12-13-14-15-16-19(9-4)20(10-5,21-17-7-2)22-18-8-3/h10,19H,5-9,11-18H2,1-4H3. The summed E-state index contributed by atoms with van der Waals surface area (Å²) in [5.41, 5.74) is 0. The Morgan fingerprint density at radius 2 is 1.36 bits per heavy atom. The summed E-state index contributed by atoms with van der Waals surface area (Å²) in [4.78, 5) is 0. The summed E-state index contributed by atoms with van der Waals surface area (Å²) in [5.74, 6) is -0.168. The van der Waals surface area contributed by atoms with E-state index < -0.39 is 5.79 Å². The van der Waals surface area contributed by atoms with Gasteiger partial charge in [0, 0.05) is 5.92 Å². The second-order valence-corrected chi connectivity index (χ2v) is 6.28. The molecule has 1 unspecified atom stereocenters. The minimum absolute atomic E-state index is 0.411. The molecule has 0 aromatic rings. The smallest absolute Gasteiger partial charge is 0.190 e. The third kappa shape index (κ3) is 8.33. The number of hydrogen-bond donors (Lipinski definition) is 0. The van der Waals surface area contributed by atoms with Crippen LogP contribution in [0.2, 0.25) is 0 Å². The van der Waals surface area contributed by atoms with Crippen LogP contribution in [0.5, 0.6) is 0 Å². The molecule has 0 aromatic heterocycles. The molecular weight excluding hydrogens is 272 g/mol. The third-order valence-corrected chi connectivity index (χ3v) is 4.32. The minimum atomic E-state index is -0.579. The van der Waals surface area contributed by atoms with Gasteiger partial charge in [-0.3, -0.25) is 0 Å². The average molecular weight is 313 g/mol. The predicted molar refractivity (Wildman–Crippen MR) is 97.2 cm³/mol. The average Bonchev–Trinajstić information content (AvgIpc) is 2.55. The first-order valence-corrected chi connectivity index (χ1v) is 9.62. The molecule has 132 valence electrons. The normalized spacial score (nSPS) is 13.3. The molecule has 0 bridgehead atoms. The van der Waals surface area contributed by atoms with Crippen molar-refractivity contribution in [2.24, 2.45) is 5.92 Å². The maximum absolute atomic E-state index is 6.14. The minimum Gasteiger partial charge on any atom is -0.346 e. The fourth-order valence-corrected chi connectivity index (χ4v) is 2.95. The van der Waals surface area contributed by atoms with Gasteiger partial charge in [0.1, 0.15) is 0 Å². The van der Waals surface area contributed by atoms with Crippen LogP contribution in [0.3, 0.4) is 0 Å². The first-order valence-electron chi connectivity index (χ1n) is 9.62. The zero-order valence-corrected chi connectivity index (χ0v) is 15.7. The SMILES string of the molecule is C=CC(OCCC)(OCCC)C(CC)CCCCCCCC. The van der Waals surface area contributed by atoms with E-state index in [4.69, 9.17) is 9.47 Å². The molecule has 0 amide bonds. The Labute approximate surface area is 139 Å². The van der Waals surface area contributed by atoms with E-state index in [1.807, 2.05) is 6.08 Å². The summed E-state index contributed by atoms with van der Waals surface area (Å²) in [6.45, 7) is 14.3.